The standard InChI is InChI=1S/C22H17Cl2N/c23-16-11-19(24)21-17-6-3-7-18(17)22(25-20(21)12-16)15-9-8-13-4-1-2-5-14(13)10-15/h1-6,8-12,17-18,22,25H,7H2. The van der Waals surface area contributed by atoms with Crippen molar-refractivity contribution in [3.05, 3.63) is 87.9 Å². The number of halogens is 2. The first-order valence-electron chi connectivity index (χ1n) is 8.61. The van der Waals surface area contributed by atoms with Gasteiger partial charge in [-0.15, -0.1) is 0 Å². The van der Waals surface area contributed by atoms with Crippen molar-refractivity contribution in [2.45, 2.75) is 18.4 Å². The van der Waals surface area contributed by atoms with E-state index in [1.165, 1.54) is 21.9 Å². The monoisotopic (exact) mass is 365 g/mol. The fourth-order valence-electron chi connectivity index (χ4n) is 4.37. The Morgan fingerprint density at radius 2 is 1.76 bits per heavy atom. The van der Waals surface area contributed by atoms with E-state index in [1.807, 2.05) is 12.1 Å². The highest BCUT2D eigenvalue weighted by molar-refractivity contribution is 6.35. The van der Waals surface area contributed by atoms with E-state index in [9.17, 15) is 0 Å². The second-order valence-electron chi connectivity index (χ2n) is 6.93. The van der Waals surface area contributed by atoms with E-state index in [4.69, 9.17) is 23.2 Å². The third kappa shape index (κ3) is 2.46. The van der Waals surface area contributed by atoms with Crippen LogP contribution in [0, 0.1) is 5.92 Å². The Balaban J connectivity index is 1.64. The topological polar surface area (TPSA) is 12.0 Å². The molecule has 0 spiro atoms. The lowest BCUT2D eigenvalue weighted by atomic mass is 9.77. The quantitative estimate of drug-likeness (QED) is 0.459. The van der Waals surface area contributed by atoms with Crippen LogP contribution in [0.3, 0.4) is 0 Å². The molecule has 0 fully saturated rings. The van der Waals surface area contributed by atoms with Crippen LogP contribution in [0.5, 0.6) is 0 Å². The first-order chi connectivity index (χ1) is 12.2. The maximum Gasteiger partial charge on any atom is 0.0554 e. The Kier molecular flexibility index (Phi) is 3.55. The minimum absolute atomic E-state index is 0.256. The Morgan fingerprint density at radius 3 is 2.64 bits per heavy atom. The van der Waals surface area contributed by atoms with E-state index in [1.54, 1.807) is 0 Å². The Bertz CT molecular complexity index is 1010. The molecule has 1 aliphatic heterocycles. The summed E-state index contributed by atoms with van der Waals surface area (Å²) in [6.07, 6.45) is 5.65. The summed E-state index contributed by atoms with van der Waals surface area (Å²) in [6.45, 7) is 0. The van der Waals surface area contributed by atoms with Crippen molar-refractivity contribution in [2.24, 2.45) is 5.92 Å². The second kappa shape index (κ2) is 5.79. The summed E-state index contributed by atoms with van der Waals surface area (Å²) < 4.78 is 0. The molecule has 3 heteroatoms. The predicted octanol–water partition coefficient (Wildman–Crippen LogP) is 6.97. The molecule has 0 saturated carbocycles. The Morgan fingerprint density at radius 1 is 0.920 bits per heavy atom. The highest BCUT2D eigenvalue weighted by Crippen LogP contribution is 2.52. The molecule has 1 aliphatic carbocycles. The average Bonchev–Trinajstić information content (AvgIpc) is 3.09. The minimum Gasteiger partial charge on any atom is -0.378 e. The van der Waals surface area contributed by atoms with Crippen molar-refractivity contribution in [2.75, 3.05) is 5.32 Å². The van der Waals surface area contributed by atoms with Crippen LogP contribution < -0.4 is 5.32 Å². The van der Waals surface area contributed by atoms with Gasteiger partial charge >= 0.3 is 0 Å². The number of allylic oxidation sites excluding steroid dienone is 2. The van der Waals surface area contributed by atoms with Crippen LogP contribution in [-0.4, -0.2) is 0 Å². The molecule has 0 aromatic heterocycles. The van der Waals surface area contributed by atoms with Crippen molar-refractivity contribution < 1.29 is 0 Å². The number of hydrogen-bond donors (Lipinski definition) is 1. The van der Waals surface area contributed by atoms with Crippen LogP contribution in [0.25, 0.3) is 10.8 Å². The largest absolute Gasteiger partial charge is 0.378 e. The number of benzene rings is 3. The van der Waals surface area contributed by atoms with Crippen LogP contribution in [0.4, 0.5) is 5.69 Å². The van der Waals surface area contributed by atoms with Crippen molar-refractivity contribution in [3.8, 4) is 0 Å². The fraction of sp³-hybridized carbons (Fsp3) is 0.182. The zero-order valence-electron chi connectivity index (χ0n) is 13.5. The molecule has 3 atom stereocenters. The van der Waals surface area contributed by atoms with E-state index in [-0.39, 0.29) is 6.04 Å². The minimum atomic E-state index is 0.256. The fourth-order valence-corrected chi connectivity index (χ4v) is 4.99. The summed E-state index contributed by atoms with van der Waals surface area (Å²) in [5.41, 5.74) is 3.56. The van der Waals surface area contributed by atoms with Gasteiger partial charge in [0.25, 0.3) is 0 Å². The Hall–Kier alpha value is -1.96. The summed E-state index contributed by atoms with van der Waals surface area (Å²) in [6, 6.07) is 19.4. The predicted molar refractivity (Wildman–Crippen MR) is 107 cm³/mol. The number of hydrogen-bond acceptors (Lipinski definition) is 1. The van der Waals surface area contributed by atoms with Crippen LogP contribution in [0.2, 0.25) is 10.0 Å². The number of anilines is 1. The van der Waals surface area contributed by atoms with E-state index < -0.39 is 0 Å². The second-order valence-corrected chi connectivity index (χ2v) is 7.77. The highest BCUT2D eigenvalue weighted by atomic mass is 35.5. The van der Waals surface area contributed by atoms with Crippen molar-refractivity contribution in [1.82, 2.24) is 0 Å². The van der Waals surface area contributed by atoms with Gasteiger partial charge in [0.05, 0.1) is 6.04 Å². The maximum atomic E-state index is 6.53. The van der Waals surface area contributed by atoms with Crippen LogP contribution in [-0.2, 0) is 0 Å². The zero-order valence-corrected chi connectivity index (χ0v) is 15.1. The van der Waals surface area contributed by atoms with Crippen LogP contribution in [0.15, 0.2) is 66.7 Å². The van der Waals surface area contributed by atoms with E-state index in [0.717, 1.165) is 17.1 Å². The first-order valence-corrected chi connectivity index (χ1v) is 9.37. The van der Waals surface area contributed by atoms with Gasteiger partial charge in [0.2, 0.25) is 0 Å². The summed E-state index contributed by atoms with van der Waals surface area (Å²) >= 11 is 12.8. The lowest BCUT2D eigenvalue weighted by Crippen LogP contribution is -2.29. The molecule has 1 heterocycles. The number of nitrogens with one attached hydrogen (secondary N) is 1. The maximum absolute atomic E-state index is 6.53. The lowest BCUT2D eigenvalue weighted by Gasteiger charge is -2.38. The molecule has 0 saturated heterocycles. The van der Waals surface area contributed by atoms with Crippen molar-refractivity contribution >= 4 is 39.7 Å². The molecule has 0 amide bonds. The number of fused-ring (bicyclic) bond motifs is 4. The molecule has 124 valence electrons. The van der Waals surface area contributed by atoms with Crippen molar-refractivity contribution in [3.63, 3.8) is 0 Å². The molecule has 5 rings (SSSR count). The van der Waals surface area contributed by atoms with Gasteiger partial charge in [0.1, 0.15) is 0 Å². The van der Waals surface area contributed by atoms with E-state index >= 15 is 0 Å². The highest BCUT2D eigenvalue weighted by Gasteiger charge is 2.39. The van der Waals surface area contributed by atoms with E-state index in [2.05, 4.69) is 59.9 Å². The Labute approximate surface area is 157 Å². The van der Waals surface area contributed by atoms with Crippen LogP contribution in [0.1, 0.15) is 29.5 Å². The first kappa shape index (κ1) is 15.3. The zero-order chi connectivity index (χ0) is 17.0. The van der Waals surface area contributed by atoms with Gasteiger partial charge in [0, 0.05) is 27.2 Å². The van der Waals surface area contributed by atoms with Gasteiger partial charge in [-0.1, -0.05) is 71.8 Å². The van der Waals surface area contributed by atoms with Gasteiger partial charge in [0.15, 0.2) is 0 Å². The summed E-state index contributed by atoms with van der Waals surface area (Å²) in [7, 11) is 0. The van der Waals surface area contributed by atoms with Crippen LogP contribution >= 0.6 is 23.2 Å². The summed E-state index contributed by atoms with van der Waals surface area (Å²) in [5, 5.41) is 7.70. The van der Waals surface area contributed by atoms with Gasteiger partial charge in [-0.05, 0) is 46.9 Å². The van der Waals surface area contributed by atoms with Gasteiger partial charge in [-0.3, -0.25) is 0 Å². The van der Waals surface area contributed by atoms with Gasteiger partial charge in [-0.2, -0.15) is 0 Å². The van der Waals surface area contributed by atoms with Gasteiger partial charge < -0.3 is 5.32 Å². The average molecular weight is 366 g/mol. The molecule has 0 radical (unpaired) electrons. The molecule has 1 nitrogen and oxygen atoms in total. The molecule has 3 aromatic carbocycles. The molecule has 25 heavy (non-hydrogen) atoms. The molecular weight excluding hydrogens is 349 g/mol. The SMILES string of the molecule is Clc1cc(Cl)c2c(c1)NC(c1ccc3ccccc3c1)C1CC=CC21. The summed E-state index contributed by atoms with van der Waals surface area (Å²) in [5.74, 6) is 0.824. The smallest absolute Gasteiger partial charge is 0.0554 e. The third-order valence-electron chi connectivity index (χ3n) is 5.51. The number of rotatable bonds is 1. The van der Waals surface area contributed by atoms with E-state index in [0.29, 0.717) is 16.9 Å². The normalized spacial score (nSPS) is 24.0. The lowest BCUT2D eigenvalue weighted by molar-refractivity contribution is 0.426. The molecule has 3 aromatic rings. The summed E-state index contributed by atoms with van der Waals surface area (Å²) in [4.78, 5) is 0. The molecule has 0 bridgehead atoms. The molecule has 1 N–H and O–H groups in total. The molecule has 3 unspecified atom stereocenters. The third-order valence-corrected chi connectivity index (χ3v) is 6.04. The van der Waals surface area contributed by atoms with Gasteiger partial charge in [-0.25, -0.2) is 0 Å². The molecule has 2 aliphatic rings. The van der Waals surface area contributed by atoms with Crippen molar-refractivity contribution in [1.29, 1.82) is 0 Å². The molecular formula is C22H17Cl2N.